The fourth-order valence-corrected chi connectivity index (χ4v) is 3.48. The predicted molar refractivity (Wildman–Crippen MR) is 121 cm³/mol. The zero-order valence-electron chi connectivity index (χ0n) is 17.1. The first-order chi connectivity index (χ1) is 15.5. The molecule has 8 nitrogen and oxygen atoms in total. The lowest BCUT2D eigenvalue weighted by atomic mass is 10.2. The van der Waals surface area contributed by atoms with Gasteiger partial charge in [0.15, 0.2) is 0 Å². The Morgan fingerprint density at radius 3 is 2.72 bits per heavy atom. The van der Waals surface area contributed by atoms with Gasteiger partial charge in [-0.3, -0.25) is 4.79 Å². The van der Waals surface area contributed by atoms with Crippen molar-refractivity contribution in [2.75, 3.05) is 12.4 Å². The topological polar surface area (TPSA) is 95.1 Å². The molecular formula is C22H19Cl2N5O3. The zero-order valence-corrected chi connectivity index (χ0v) is 18.6. The van der Waals surface area contributed by atoms with E-state index in [0.717, 1.165) is 16.9 Å². The molecule has 0 fully saturated rings. The smallest absolute Gasteiger partial charge is 0.227 e. The number of carbonyl (C=O) groups excluding carboxylic acids is 1. The van der Waals surface area contributed by atoms with Crippen molar-refractivity contribution in [3.05, 3.63) is 76.2 Å². The molecule has 0 unspecified atom stereocenters. The van der Waals surface area contributed by atoms with Crippen LogP contribution in [0.4, 0.5) is 5.82 Å². The Hall–Kier alpha value is -3.36. The Morgan fingerprint density at radius 1 is 1.16 bits per heavy atom. The van der Waals surface area contributed by atoms with Crippen LogP contribution in [-0.2, 0) is 17.8 Å². The molecule has 0 bridgehead atoms. The number of rotatable bonds is 8. The molecule has 2 heterocycles. The molecule has 1 N–H and O–H groups in total. The zero-order chi connectivity index (χ0) is 22.5. The molecule has 10 heteroatoms. The molecule has 4 rings (SSSR count). The lowest BCUT2D eigenvalue weighted by molar-refractivity contribution is -0.116. The highest BCUT2D eigenvalue weighted by molar-refractivity contribution is 6.35. The Morgan fingerprint density at radius 2 is 1.97 bits per heavy atom. The summed E-state index contributed by atoms with van der Waals surface area (Å²) < 4.78 is 12.1. The number of carbonyl (C=O) groups is 1. The van der Waals surface area contributed by atoms with E-state index in [-0.39, 0.29) is 12.3 Å². The van der Waals surface area contributed by atoms with Crippen LogP contribution in [0.25, 0.3) is 11.4 Å². The molecule has 0 aliphatic carbocycles. The summed E-state index contributed by atoms with van der Waals surface area (Å²) in [5, 5.41) is 12.2. The quantitative estimate of drug-likeness (QED) is 0.393. The number of aryl methyl sites for hydroxylation is 1. The van der Waals surface area contributed by atoms with E-state index in [4.69, 9.17) is 32.5 Å². The number of methoxy groups -OCH3 is 1. The van der Waals surface area contributed by atoms with Crippen LogP contribution in [0.5, 0.6) is 5.75 Å². The number of halogens is 2. The van der Waals surface area contributed by atoms with Crippen molar-refractivity contribution in [1.82, 2.24) is 19.9 Å². The predicted octanol–water partition coefficient (Wildman–Crippen LogP) is 4.87. The van der Waals surface area contributed by atoms with E-state index in [2.05, 4.69) is 20.6 Å². The lowest BCUT2D eigenvalue weighted by Gasteiger charge is -2.10. The van der Waals surface area contributed by atoms with Crippen LogP contribution in [0, 0.1) is 0 Å². The number of hydrogen-bond donors (Lipinski definition) is 1. The van der Waals surface area contributed by atoms with E-state index < -0.39 is 0 Å². The number of amides is 1. The average Bonchev–Trinajstić information content (AvgIpc) is 3.44. The van der Waals surface area contributed by atoms with Crippen molar-refractivity contribution in [2.24, 2.45) is 0 Å². The van der Waals surface area contributed by atoms with Crippen molar-refractivity contribution in [1.29, 1.82) is 0 Å². The molecule has 0 aliphatic rings. The van der Waals surface area contributed by atoms with Gasteiger partial charge in [0.1, 0.15) is 11.6 Å². The second-order valence-corrected chi connectivity index (χ2v) is 7.74. The SMILES string of the molecule is COc1ccc(-c2noc(CCC(=O)Nc3ccnn3Cc3ccc(Cl)cc3Cl)n2)cc1. The second kappa shape index (κ2) is 9.84. The monoisotopic (exact) mass is 471 g/mol. The number of nitrogens with zero attached hydrogens (tertiary/aromatic N) is 4. The van der Waals surface area contributed by atoms with Gasteiger partial charge in [-0.05, 0) is 42.0 Å². The Bertz CT molecular complexity index is 1220. The van der Waals surface area contributed by atoms with Gasteiger partial charge in [-0.15, -0.1) is 0 Å². The Kier molecular flexibility index (Phi) is 6.72. The maximum atomic E-state index is 12.4. The van der Waals surface area contributed by atoms with E-state index in [9.17, 15) is 4.79 Å². The van der Waals surface area contributed by atoms with E-state index >= 15 is 0 Å². The van der Waals surface area contributed by atoms with Crippen LogP contribution in [0.2, 0.25) is 10.0 Å². The van der Waals surface area contributed by atoms with Gasteiger partial charge < -0.3 is 14.6 Å². The van der Waals surface area contributed by atoms with Crippen LogP contribution >= 0.6 is 23.2 Å². The molecule has 164 valence electrons. The van der Waals surface area contributed by atoms with Crippen LogP contribution in [0.3, 0.4) is 0 Å². The third-order valence-electron chi connectivity index (χ3n) is 4.70. The Balaban J connectivity index is 1.34. The first-order valence-corrected chi connectivity index (χ1v) is 10.5. The number of aromatic nitrogens is 4. The van der Waals surface area contributed by atoms with Gasteiger partial charge in [0.2, 0.25) is 17.6 Å². The maximum Gasteiger partial charge on any atom is 0.227 e. The third kappa shape index (κ3) is 5.27. The number of nitrogens with one attached hydrogen (secondary N) is 1. The number of hydrogen-bond acceptors (Lipinski definition) is 6. The second-order valence-electron chi connectivity index (χ2n) is 6.90. The van der Waals surface area contributed by atoms with E-state index in [1.54, 1.807) is 36.2 Å². The highest BCUT2D eigenvalue weighted by atomic mass is 35.5. The highest BCUT2D eigenvalue weighted by Crippen LogP contribution is 2.23. The summed E-state index contributed by atoms with van der Waals surface area (Å²) in [6.07, 6.45) is 2.10. The molecular weight excluding hydrogens is 453 g/mol. The van der Waals surface area contributed by atoms with Crippen LogP contribution in [0.15, 0.2) is 59.3 Å². The van der Waals surface area contributed by atoms with E-state index in [1.807, 2.05) is 30.3 Å². The summed E-state index contributed by atoms with van der Waals surface area (Å²) in [4.78, 5) is 16.8. The average molecular weight is 472 g/mol. The molecule has 0 saturated heterocycles. The normalized spacial score (nSPS) is 10.8. The summed E-state index contributed by atoms with van der Waals surface area (Å²) in [7, 11) is 1.60. The largest absolute Gasteiger partial charge is 0.497 e. The summed E-state index contributed by atoms with van der Waals surface area (Å²) in [5.41, 5.74) is 1.64. The molecule has 0 aliphatic heterocycles. The van der Waals surface area contributed by atoms with E-state index in [1.165, 1.54) is 0 Å². The van der Waals surface area contributed by atoms with Crippen molar-refractivity contribution >= 4 is 34.9 Å². The molecule has 2 aromatic heterocycles. The lowest BCUT2D eigenvalue weighted by Crippen LogP contribution is -2.16. The minimum absolute atomic E-state index is 0.178. The van der Waals surface area contributed by atoms with Gasteiger partial charge in [0.05, 0.1) is 19.9 Å². The van der Waals surface area contributed by atoms with Gasteiger partial charge in [-0.1, -0.05) is 34.4 Å². The van der Waals surface area contributed by atoms with Gasteiger partial charge >= 0.3 is 0 Å². The summed E-state index contributed by atoms with van der Waals surface area (Å²) in [6, 6.07) is 14.3. The minimum Gasteiger partial charge on any atom is -0.497 e. The number of benzene rings is 2. The fourth-order valence-electron chi connectivity index (χ4n) is 3.02. The molecule has 1 amide bonds. The molecule has 32 heavy (non-hydrogen) atoms. The van der Waals surface area contributed by atoms with Gasteiger partial charge in [0, 0.05) is 34.5 Å². The van der Waals surface area contributed by atoms with Gasteiger partial charge in [-0.25, -0.2) is 4.68 Å². The summed E-state index contributed by atoms with van der Waals surface area (Å²) >= 11 is 12.2. The summed E-state index contributed by atoms with van der Waals surface area (Å²) in [5.74, 6) is 1.95. The van der Waals surface area contributed by atoms with Crippen molar-refractivity contribution in [2.45, 2.75) is 19.4 Å². The maximum absolute atomic E-state index is 12.4. The number of ether oxygens (including phenoxy) is 1. The van der Waals surface area contributed by atoms with Crippen LogP contribution in [0.1, 0.15) is 17.9 Å². The molecule has 2 aromatic carbocycles. The third-order valence-corrected chi connectivity index (χ3v) is 5.29. The standard InChI is InChI=1S/C22H19Cl2N5O3/c1-31-17-6-3-14(4-7-17)22-27-21(32-28-22)9-8-20(30)26-19-10-11-25-29(19)13-15-2-5-16(23)12-18(15)24/h2-7,10-12H,8-9,13H2,1H3,(H,26,30). The van der Waals surface area contributed by atoms with Crippen LogP contribution < -0.4 is 10.1 Å². The molecule has 0 spiro atoms. The minimum atomic E-state index is -0.196. The number of anilines is 1. The first-order valence-electron chi connectivity index (χ1n) is 9.74. The molecule has 0 radical (unpaired) electrons. The first kappa shape index (κ1) is 21.9. The molecule has 4 aromatic rings. The molecule has 0 saturated carbocycles. The van der Waals surface area contributed by atoms with Gasteiger partial charge in [0.25, 0.3) is 0 Å². The van der Waals surface area contributed by atoms with E-state index in [0.29, 0.717) is 40.5 Å². The van der Waals surface area contributed by atoms with Gasteiger partial charge in [-0.2, -0.15) is 10.1 Å². The fraction of sp³-hybridized carbons (Fsp3) is 0.182. The molecule has 0 atom stereocenters. The van der Waals surface area contributed by atoms with Crippen molar-refractivity contribution in [3.63, 3.8) is 0 Å². The van der Waals surface area contributed by atoms with Crippen molar-refractivity contribution < 1.29 is 14.1 Å². The van der Waals surface area contributed by atoms with Crippen molar-refractivity contribution in [3.8, 4) is 17.1 Å². The summed E-state index contributed by atoms with van der Waals surface area (Å²) in [6.45, 7) is 0.396. The Labute approximate surface area is 194 Å². The highest BCUT2D eigenvalue weighted by Gasteiger charge is 2.13. The van der Waals surface area contributed by atoms with Crippen LogP contribution in [-0.4, -0.2) is 32.9 Å².